The number of hydrazine groups is 1. The number of nitrogens with two attached hydrogens (primary N) is 1. The fourth-order valence-corrected chi connectivity index (χ4v) is 1.87. The van der Waals surface area contributed by atoms with Gasteiger partial charge in [0.2, 0.25) is 5.91 Å². The largest absolute Gasteiger partial charge is 0.273 e. The summed E-state index contributed by atoms with van der Waals surface area (Å²) in [5.41, 5.74) is 0.0314. The van der Waals surface area contributed by atoms with Crippen LogP contribution in [0.15, 0.2) is 30.3 Å². The molecule has 1 unspecified atom stereocenters. The topological polar surface area (TPSA) is 63.4 Å². The molecule has 0 saturated carbocycles. The Balaban J connectivity index is 2.45. The van der Waals surface area contributed by atoms with Gasteiger partial charge in [-0.05, 0) is 12.5 Å². The van der Waals surface area contributed by atoms with E-state index >= 15 is 0 Å². The van der Waals surface area contributed by atoms with E-state index in [1.807, 2.05) is 30.3 Å². The molecule has 2 rings (SSSR count). The third-order valence-corrected chi connectivity index (χ3v) is 2.88. The zero-order chi connectivity index (χ0) is 11.1. The number of amides is 2. The first-order valence-corrected chi connectivity index (χ1v) is 4.73. The second kappa shape index (κ2) is 3.17. The minimum absolute atomic E-state index is 0.145. The first kappa shape index (κ1) is 9.86. The van der Waals surface area contributed by atoms with Gasteiger partial charge in [0.15, 0.2) is 0 Å². The molecule has 1 aromatic carbocycles. The van der Waals surface area contributed by atoms with Gasteiger partial charge in [-0.2, -0.15) is 0 Å². The van der Waals surface area contributed by atoms with E-state index in [0.29, 0.717) is 5.01 Å². The first-order valence-electron chi connectivity index (χ1n) is 4.73. The molecule has 78 valence electrons. The standard InChI is InChI=1S/C11H12N2O2/c1-11(8-5-3-2-4-6-8)7-9(14)13(12)10(11)15/h2-6H,7,12H2,1H3. The number of rotatable bonds is 1. The molecule has 15 heavy (non-hydrogen) atoms. The average molecular weight is 204 g/mol. The molecule has 1 aliphatic rings. The summed E-state index contributed by atoms with van der Waals surface area (Å²) in [7, 11) is 0. The average Bonchev–Trinajstić information content (AvgIpc) is 2.45. The fourth-order valence-electron chi connectivity index (χ4n) is 1.87. The molecule has 0 spiro atoms. The molecule has 0 aromatic heterocycles. The van der Waals surface area contributed by atoms with Crippen molar-refractivity contribution >= 4 is 11.8 Å². The van der Waals surface area contributed by atoms with Gasteiger partial charge in [-0.25, -0.2) is 10.9 Å². The maximum atomic E-state index is 11.8. The van der Waals surface area contributed by atoms with Crippen molar-refractivity contribution in [3.63, 3.8) is 0 Å². The van der Waals surface area contributed by atoms with Crippen molar-refractivity contribution in [2.24, 2.45) is 5.84 Å². The highest BCUT2D eigenvalue weighted by Crippen LogP contribution is 2.34. The molecule has 2 amide bonds. The minimum atomic E-state index is -0.799. The predicted molar refractivity (Wildman–Crippen MR) is 54.5 cm³/mol. The fraction of sp³-hybridized carbons (Fsp3) is 0.273. The summed E-state index contributed by atoms with van der Waals surface area (Å²) >= 11 is 0. The third kappa shape index (κ3) is 1.34. The minimum Gasteiger partial charge on any atom is -0.273 e. The van der Waals surface area contributed by atoms with Crippen LogP contribution in [0.1, 0.15) is 18.9 Å². The Bertz CT molecular complexity index is 416. The van der Waals surface area contributed by atoms with Crippen molar-refractivity contribution in [1.29, 1.82) is 0 Å². The van der Waals surface area contributed by atoms with E-state index in [1.165, 1.54) is 0 Å². The molecule has 1 saturated heterocycles. The molecule has 4 nitrogen and oxygen atoms in total. The van der Waals surface area contributed by atoms with Gasteiger partial charge in [0.05, 0.1) is 5.41 Å². The Hall–Kier alpha value is -1.68. The van der Waals surface area contributed by atoms with Crippen LogP contribution in [-0.4, -0.2) is 16.8 Å². The maximum Gasteiger partial charge on any atom is 0.254 e. The van der Waals surface area contributed by atoms with Gasteiger partial charge in [-0.1, -0.05) is 30.3 Å². The van der Waals surface area contributed by atoms with Crippen molar-refractivity contribution < 1.29 is 9.59 Å². The summed E-state index contributed by atoms with van der Waals surface area (Å²) in [5.74, 6) is 4.71. The first-order chi connectivity index (χ1) is 7.05. The smallest absolute Gasteiger partial charge is 0.254 e. The molecular weight excluding hydrogens is 192 g/mol. The van der Waals surface area contributed by atoms with Crippen LogP contribution in [0, 0.1) is 0 Å². The Morgan fingerprint density at radius 1 is 1.27 bits per heavy atom. The van der Waals surface area contributed by atoms with Crippen LogP contribution in [0.3, 0.4) is 0 Å². The summed E-state index contributed by atoms with van der Waals surface area (Å²) in [6, 6.07) is 9.23. The summed E-state index contributed by atoms with van der Waals surface area (Å²) in [5, 5.41) is 0.715. The van der Waals surface area contributed by atoms with Crippen LogP contribution in [0.4, 0.5) is 0 Å². The summed E-state index contributed by atoms with van der Waals surface area (Å²) < 4.78 is 0. The van der Waals surface area contributed by atoms with Gasteiger partial charge in [0.1, 0.15) is 0 Å². The summed E-state index contributed by atoms with van der Waals surface area (Å²) in [6.45, 7) is 1.75. The van der Waals surface area contributed by atoms with E-state index in [-0.39, 0.29) is 18.2 Å². The number of benzene rings is 1. The molecule has 0 aliphatic carbocycles. The zero-order valence-electron chi connectivity index (χ0n) is 8.43. The quantitative estimate of drug-likeness (QED) is 0.413. The highest BCUT2D eigenvalue weighted by molar-refractivity contribution is 6.08. The molecule has 1 atom stereocenters. The van der Waals surface area contributed by atoms with Gasteiger partial charge in [-0.15, -0.1) is 0 Å². The van der Waals surface area contributed by atoms with Crippen LogP contribution in [-0.2, 0) is 15.0 Å². The lowest BCUT2D eigenvalue weighted by molar-refractivity contribution is -0.140. The number of carbonyl (C=O) groups is 2. The number of carbonyl (C=O) groups excluding carboxylic acids is 2. The van der Waals surface area contributed by atoms with Crippen molar-refractivity contribution in [3.05, 3.63) is 35.9 Å². The van der Waals surface area contributed by atoms with Gasteiger partial charge >= 0.3 is 0 Å². The van der Waals surface area contributed by atoms with E-state index < -0.39 is 5.41 Å². The third-order valence-electron chi connectivity index (χ3n) is 2.88. The van der Waals surface area contributed by atoms with Crippen molar-refractivity contribution in [2.75, 3.05) is 0 Å². The second-order valence-electron chi connectivity index (χ2n) is 3.94. The molecule has 1 aliphatic heterocycles. The van der Waals surface area contributed by atoms with Gasteiger partial charge < -0.3 is 0 Å². The van der Waals surface area contributed by atoms with E-state index in [1.54, 1.807) is 6.92 Å². The van der Waals surface area contributed by atoms with Crippen molar-refractivity contribution in [2.45, 2.75) is 18.8 Å². The maximum absolute atomic E-state index is 11.8. The van der Waals surface area contributed by atoms with E-state index in [0.717, 1.165) is 5.56 Å². The van der Waals surface area contributed by atoms with Crippen LogP contribution >= 0.6 is 0 Å². The van der Waals surface area contributed by atoms with Crippen molar-refractivity contribution in [3.8, 4) is 0 Å². The Labute approximate surface area is 87.6 Å². The van der Waals surface area contributed by atoms with Gasteiger partial charge in [-0.3, -0.25) is 9.59 Å². The summed E-state index contributed by atoms with van der Waals surface area (Å²) in [6.07, 6.45) is 0.145. The number of hydrogen-bond donors (Lipinski definition) is 1. The molecule has 1 fully saturated rings. The zero-order valence-corrected chi connectivity index (χ0v) is 8.43. The monoisotopic (exact) mass is 204 g/mol. The lowest BCUT2D eigenvalue weighted by Crippen LogP contribution is -2.41. The molecule has 4 heteroatoms. The van der Waals surface area contributed by atoms with Crippen LogP contribution < -0.4 is 5.84 Å². The number of hydrogen-bond acceptors (Lipinski definition) is 3. The van der Waals surface area contributed by atoms with E-state index in [4.69, 9.17) is 5.84 Å². The normalized spacial score (nSPS) is 26.1. The molecule has 0 radical (unpaired) electrons. The molecule has 1 heterocycles. The van der Waals surface area contributed by atoms with Crippen LogP contribution in [0.2, 0.25) is 0 Å². The SMILES string of the molecule is CC1(c2ccccc2)CC(=O)N(N)C1=O. The van der Waals surface area contributed by atoms with E-state index in [9.17, 15) is 9.59 Å². The number of nitrogens with zero attached hydrogens (tertiary/aromatic N) is 1. The van der Waals surface area contributed by atoms with Crippen LogP contribution in [0.5, 0.6) is 0 Å². The van der Waals surface area contributed by atoms with Crippen LogP contribution in [0.25, 0.3) is 0 Å². The Morgan fingerprint density at radius 2 is 1.87 bits per heavy atom. The Kier molecular flexibility index (Phi) is 2.08. The lowest BCUT2D eigenvalue weighted by Gasteiger charge is -2.20. The molecule has 1 aromatic rings. The highest BCUT2D eigenvalue weighted by Gasteiger charge is 2.48. The summed E-state index contributed by atoms with van der Waals surface area (Å²) in [4.78, 5) is 23.2. The van der Waals surface area contributed by atoms with Crippen molar-refractivity contribution in [1.82, 2.24) is 5.01 Å². The second-order valence-corrected chi connectivity index (χ2v) is 3.94. The molecule has 0 bridgehead atoms. The van der Waals surface area contributed by atoms with Gasteiger partial charge in [0.25, 0.3) is 5.91 Å². The lowest BCUT2D eigenvalue weighted by atomic mass is 9.81. The predicted octanol–water partition coefficient (Wildman–Crippen LogP) is 0.577. The highest BCUT2D eigenvalue weighted by atomic mass is 16.2. The van der Waals surface area contributed by atoms with E-state index in [2.05, 4.69) is 0 Å². The Morgan fingerprint density at radius 3 is 2.33 bits per heavy atom. The number of imide groups is 1. The van der Waals surface area contributed by atoms with Gasteiger partial charge in [0, 0.05) is 6.42 Å². The molecule has 2 N–H and O–H groups in total. The molecular formula is C11H12N2O2.